The molecule has 0 heterocycles. The molecule has 0 radical (unpaired) electrons. The van der Waals surface area contributed by atoms with Crippen LogP contribution in [0.5, 0.6) is 11.5 Å². The van der Waals surface area contributed by atoms with E-state index in [4.69, 9.17) is 33.3 Å². The first-order chi connectivity index (χ1) is 13.0. The first-order valence-corrected chi connectivity index (χ1v) is 9.47. The molecule has 0 aliphatic carbocycles. The molecule has 2 rings (SSSR count). The fourth-order valence-corrected chi connectivity index (χ4v) is 2.60. The summed E-state index contributed by atoms with van der Waals surface area (Å²) in [5.41, 5.74) is 5.94. The van der Waals surface area contributed by atoms with Crippen molar-refractivity contribution in [3.05, 3.63) is 58.1 Å². The Hall–Kier alpha value is -2.31. The Morgan fingerprint density at radius 1 is 1.11 bits per heavy atom. The number of halogens is 1. The van der Waals surface area contributed by atoms with E-state index in [0.29, 0.717) is 29.1 Å². The van der Waals surface area contributed by atoms with Gasteiger partial charge in [0.2, 0.25) is 0 Å². The van der Waals surface area contributed by atoms with E-state index in [1.54, 1.807) is 18.3 Å². The van der Waals surface area contributed by atoms with Crippen LogP contribution < -0.4 is 20.2 Å². The molecule has 0 aliphatic heterocycles. The lowest BCUT2D eigenvalue weighted by Crippen LogP contribution is -2.31. The van der Waals surface area contributed by atoms with Crippen molar-refractivity contribution in [1.29, 1.82) is 0 Å². The molecule has 0 saturated heterocycles. The van der Waals surface area contributed by atoms with Crippen LogP contribution in [-0.2, 0) is 0 Å². The number of benzene rings is 2. The highest BCUT2D eigenvalue weighted by atomic mass is 35.5. The van der Waals surface area contributed by atoms with Gasteiger partial charge in [0.05, 0.1) is 6.21 Å². The molecule has 0 atom stereocenters. The molecular weight excluding hydrogens is 382 g/mol. The SMILES string of the molecule is CCNC(=S)N/N=C/c1cc(Cl)ccc1OCCOc1ccc(C)c(C)c1. The Bertz CT molecular complexity index is 812. The molecule has 0 spiro atoms. The van der Waals surface area contributed by atoms with E-state index in [-0.39, 0.29) is 0 Å². The Balaban J connectivity index is 1.90. The Morgan fingerprint density at radius 3 is 2.63 bits per heavy atom. The third-order valence-electron chi connectivity index (χ3n) is 3.77. The van der Waals surface area contributed by atoms with Crippen LogP contribution in [0.1, 0.15) is 23.6 Å². The van der Waals surface area contributed by atoms with Crippen molar-refractivity contribution in [1.82, 2.24) is 10.7 Å². The molecule has 0 aliphatic rings. The second-order valence-electron chi connectivity index (χ2n) is 5.85. The van der Waals surface area contributed by atoms with E-state index >= 15 is 0 Å². The number of hydrogen-bond donors (Lipinski definition) is 2. The third-order valence-corrected chi connectivity index (χ3v) is 4.24. The monoisotopic (exact) mass is 405 g/mol. The second kappa shape index (κ2) is 10.7. The lowest BCUT2D eigenvalue weighted by Gasteiger charge is -2.11. The Labute approximate surface area is 170 Å². The maximum Gasteiger partial charge on any atom is 0.186 e. The zero-order valence-corrected chi connectivity index (χ0v) is 17.3. The normalized spacial score (nSPS) is 10.7. The van der Waals surface area contributed by atoms with E-state index in [0.717, 1.165) is 17.9 Å². The Morgan fingerprint density at radius 2 is 1.89 bits per heavy atom. The number of hydrogen-bond acceptors (Lipinski definition) is 4. The van der Waals surface area contributed by atoms with Crippen LogP contribution in [0.25, 0.3) is 0 Å². The second-order valence-corrected chi connectivity index (χ2v) is 6.70. The molecule has 27 heavy (non-hydrogen) atoms. The molecule has 2 aromatic rings. The first-order valence-electron chi connectivity index (χ1n) is 8.69. The molecule has 2 N–H and O–H groups in total. The summed E-state index contributed by atoms with van der Waals surface area (Å²) in [6.45, 7) is 7.66. The average Bonchev–Trinajstić information content (AvgIpc) is 2.63. The van der Waals surface area contributed by atoms with Crippen molar-refractivity contribution in [3.8, 4) is 11.5 Å². The summed E-state index contributed by atoms with van der Waals surface area (Å²) < 4.78 is 11.6. The molecule has 0 saturated carbocycles. The predicted octanol–water partition coefficient (Wildman–Crippen LogP) is 4.23. The van der Waals surface area contributed by atoms with Crippen molar-refractivity contribution in [2.45, 2.75) is 20.8 Å². The summed E-state index contributed by atoms with van der Waals surface area (Å²) in [6.07, 6.45) is 1.62. The van der Waals surface area contributed by atoms with Crippen molar-refractivity contribution >= 4 is 35.1 Å². The lowest BCUT2D eigenvalue weighted by atomic mass is 10.1. The van der Waals surface area contributed by atoms with Gasteiger partial charge < -0.3 is 14.8 Å². The van der Waals surface area contributed by atoms with Crippen LogP contribution in [0.4, 0.5) is 0 Å². The van der Waals surface area contributed by atoms with Crippen molar-refractivity contribution < 1.29 is 9.47 Å². The van der Waals surface area contributed by atoms with E-state index in [2.05, 4.69) is 29.7 Å². The van der Waals surface area contributed by atoms with Gasteiger partial charge in [0.15, 0.2) is 5.11 Å². The van der Waals surface area contributed by atoms with Gasteiger partial charge in [-0.15, -0.1) is 0 Å². The van der Waals surface area contributed by atoms with Crippen LogP contribution in [-0.4, -0.2) is 31.1 Å². The zero-order valence-electron chi connectivity index (χ0n) is 15.7. The van der Waals surface area contributed by atoms with Gasteiger partial charge >= 0.3 is 0 Å². The number of nitrogens with zero attached hydrogens (tertiary/aromatic N) is 1. The molecule has 144 valence electrons. The van der Waals surface area contributed by atoms with Gasteiger partial charge in [-0.2, -0.15) is 5.10 Å². The molecule has 7 heteroatoms. The number of ether oxygens (including phenoxy) is 2. The standard InChI is InChI=1S/C20H24ClN3O2S/c1-4-22-20(27)24-23-13-16-12-17(21)6-8-19(16)26-10-9-25-18-7-5-14(2)15(3)11-18/h5-8,11-13H,4,9-10H2,1-3H3,(H2,22,24,27)/b23-13+. The zero-order chi connectivity index (χ0) is 19.6. The molecule has 0 bridgehead atoms. The maximum absolute atomic E-state index is 6.08. The summed E-state index contributed by atoms with van der Waals surface area (Å²) >= 11 is 11.1. The van der Waals surface area contributed by atoms with Gasteiger partial charge in [-0.1, -0.05) is 17.7 Å². The smallest absolute Gasteiger partial charge is 0.186 e. The van der Waals surface area contributed by atoms with Gasteiger partial charge in [-0.25, -0.2) is 0 Å². The minimum atomic E-state index is 0.401. The summed E-state index contributed by atoms with van der Waals surface area (Å²) in [7, 11) is 0. The highest BCUT2D eigenvalue weighted by molar-refractivity contribution is 7.80. The first kappa shape index (κ1) is 21.0. The summed E-state index contributed by atoms with van der Waals surface area (Å²) in [4.78, 5) is 0. The lowest BCUT2D eigenvalue weighted by molar-refractivity contribution is 0.217. The number of rotatable bonds is 8. The van der Waals surface area contributed by atoms with Crippen LogP contribution in [0.3, 0.4) is 0 Å². The predicted molar refractivity (Wildman–Crippen MR) is 115 cm³/mol. The summed E-state index contributed by atoms with van der Waals surface area (Å²) in [5.74, 6) is 1.50. The molecule has 5 nitrogen and oxygen atoms in total. The number of nitrogens with one attached hydrogen (secondary N) is 2. The number of hydrazone groups is 1. The van der Waals surface area contributed by atoms with Gasteiger partial charge in [0, 0.05) is 17.1 Å². The van der Waals surface area contributed by atoms with Crippen LogP contribution in [0.2, 0.25) is 5.02 Å². The molecule has 0 unspecified atom stereocenters. The molecule has 0 fully saturated rings. The van der Waals surface area contributed by atoms with Gasteiger partial charge in [0.25, 0.3) is 0 Å². The fraction of sp³-hybridized carbons (Fsp3) is 0.300. The van der Waals surface area contributed by atoms with Gasteiger partial charge in [0.1, 0.15) is 24.7 Å². The van der Waals surface area contributed by atoms with Crippen molar-refractivity contribution in [2.24, 2.45) is 5.10 Å². The van der Waals surface area contributed by atoms with E-state index in [1.807, 2.05) is 31.2 Å². The number of thiocarbonyl (C=S) groups is 1. The highest BCUT2D eigenvalue weighted by Crippen LogP contribution is 2.22. The van der Waals surface area contributed by atoms with Gasteiger partial charge in [-0.05, 0) is 74.4 Å². The minimum absolute atomic E-state index is 0.401. The van der Waals surface area contributed by atoms with Crippen molar-refractivity contribution in [3.63, 3.8) is 0 Å². The minimum Gasteiger partial charge on any atom is -0.490 e. The topological polar surface area (TPSA) is 54.9 Å². The Kier molecular flexibility index (Phi) is 8.36. The van der Waals surface area contributed by atoms with Crippen LogP contribution >= 0.6 is 23.8 Å². The van der Waals surface area contributed by atoms with Crippen molar-refractivity contribution in [2.75, 3.05) is 19.8 Å². The quantitative estimate of drug-likeness (QED) is 0.298. The number of aryl methyl sites for hydroxylation is 2. The molecule has 0 aromatic heterocycles. The third kappa shape index (κ3) is 7.07. The van der Waals surface area contributed by atoms with Crippen LogP contribution in [0, 0.1) is 13.8 Å². The van der Waals surface area contributed by atoms with Gasteiger partial charge in [-0.3, -0.25) is 5.43 Å². The summed E-state index contributed by atoms with van der Waals surface area (Å²) in [6, 6.07) is 11.4. The largest absolute Gasteiger partial charge is 0.490 e. The molecular formula is C20H24ClN3O2S. The maximum atomic E-state index is 6.08. The fourth-order valence-electron chi connectivity index (χ4n) is 2.23. The molecule has 0 amide bonds. The molecule has 2 aromatic carbocycles. The summed E-state index contributed by atoms with van der Waals surface area (Å²) in [5, 5.41) is 8.12. The van der Waals surface area contributed by atoms with E-state index in [1.165, 1.54) is 11.1 Å². The van der Waals surface area contributed by atoms with E-state index in [9.17, 15) is 0 Å². The van der Waals surface area contributed by atoms with Crippen LogP contribution in [0.15, 0.2) is 41.5 Å². The highest BCUT2D eigenvalue weighted by Gasteiger charge is 2.04. The average molecular weight is 406 g/mol. The van der Waals surface area contributed by atoms with E-state index < -0.39 is 0 Å².